The summed E-state index contributed by atoms with van der Waals surface area (Å²) in [6.07, 6.45) is 0. The van der Waals surface area contributed by atoms with Crippen molar-refractivity contribution < 1.29 is 33.9 Å². The SMILES string of the molecule is CCOC(=O)C(Cl)c1ccc(S(F)(F)(F)(F)F)cc1[N+](=O)[O-]. The number of hydrogen-bond donors (Lipinski definition) is 0. The van der Waals surface area contributed by atoms with Crippen molar-refractivity contribution in [1.29, 1.82) is 0 Å². The minimum Gasteiger partial charge on any atom is -0.465 e. The van der Waals surface area contributed by atoms with Gasteiger partial charge in [-0.15, -0.1) is 11.6 Å². The zero-order chi connectivity index (χ0) is 17.4. The predicted octanol–water partition coefficient (Wildman–Crippen LogP) is 5.10. The molecule has 1 unspecified atom stereocenters. The molecule has 0 aliphatic rings. The molecule has 0 aromatic heterocycles. The molecule has 0 fully saturated rings. The number of carbonyl (C=O) groups is 1. The van der Waals surface area contributed by atoms with Crippen LogP contribution in [0.4, 0.5) is 25.1 Å². The second kappa shape index (κ2) is 4.95. The van der Waals surface area contributed by atoms with Gasteiger partial charge in [-0.05, 0) is 19.1 Å². The molecule has 0 saturated heterocycles. The molecule has 1 rings (SSSR count). The summed E-state index contributed by atoms with van der Waals surface area (Å²) in [7, 11) is -10.1. The Kier molecular flexibility index (Phi) is 4.14. The maximum Gasteiger partial charge on any atom is 0.328 e. The summed E-state index contributed by atoms with van der Waals surface area (Å²) in [5.41, 5.74) is -2.02. The lowest BCUT2D eigenvalue weighted by Gasteiger charge is -2.40. The van der Waals surface area contributed by atoms with E-state index in [1.54, 1.807) is 0 Å². The second-order valence-electron chi connectivity index (χ2n) is 4.06. The first-order valence-corrected chi connectivity index (χ1v) is 7.89. The van der Waals surface area contributed by atoms with E-state index < -0.39 is 42.6 Å². The number of rotatable bonds is 5. The Morgan fingerprint density at radius 2 is 1.91 bits per heavy atom. The quantitative estimate of drug-likeness (QED) is 0.238. The Balaban J connectivity index is 3.47. The molecule has 0 radical (unpaired) electrons. The van der Waals surface area contributed by atoms with Gasteiger partial charge in [0.1, 0.15) is 4.90 Å². The van der Waals surface area contributed by atoms with Gasteiger partial charge in [-0.25, -0.2) is 0 Å². The van der Waals surface area contributed by atoms with Crippen LogP contribution in [0, 0.1) is 10.1 Å². The highest BCUT2D eigenvalue weighted by atomic mass is 35.5. The Morgan fingerprint density at radius 3 is 2.32 bits per heavy atom. The molecule has 0 aliphatic heterocycles. The average molecular weight is 370 g/mol. The summed E-state index contributed by atoms with van der Waals surface area (Å²) in [5, 5.41) is 8.99. The van der Waals surface area contributed by atoms with Gasteiger partial charge in [-0.1, -0.05) is 19.4 Å². The second-order valence-corrected chi connectivity index (χ2v) is 6.91. The summed E-state index contributed by atoms with van der Waals surface area (Å²) in [4.78, 5) is 18.4. The number of alkyl halides is 1. The Labute approximate surface area is 125 Å². The Hall–Kier alpha value is -1.62. The molecule has 0 aliphatic carbocycles. The molecule has 1 atom stereocenters. The largest absolute Gasteiger partial charge is 0.465 e. The van der Waals surface area contributed by atoms with Crippen LogP contribution < -0.4 is 0 Å². The molecule has 22 heavy (non-hydrogen) atoms. The molecule has 1 aromatic carbocycles. The predicted molar refractivity (Wildman–Crippen MR) is 69.7 cm³/mol. The minimum absolute atomic E-state index is 0.0570. The molecule has 0 spiro atoms. The van der Waals surface area contributed by atoms with Crippen LogP contribution in [0.5, 0.6) is 0 Å². The van der Waals surface area contributed by atoms with E-state index in [-0.39, 0.29) is 18.7 Å². The lowest BCUT2D eigenvalue weighted by Crippen LogP contribution is -2.14. The molecule has 1 aromatic rings. The Bertz CT molecular complexity index is 636. The van der Waals surface area contributed by atoms with Crippen molar-refractivity contribution in [3.8, 4) is 0 Å². The summed E-state index contributed by atoms with van der Waals surface area (Å²) < 4.78 is 67.8. The third kappa shape index (κ3) is 4.19. The van der Waals surface area contributed by atoms with Crippen LogP contribution in [-0.4, -0.2) is 17.5 Å². The van der Waals surface area contributed by atoms with E-state index in [9.17, 15) is 34.3 Å². The van der Waals surface area contributed by atoms with Crippen molar-refractivity contribution in [2.75, 3.05) is 6.61 Å². The lowest BCUT2D eigenvalue weighted by molar-refractivity contribution is -0.385. The van der Waals surface area contributed by atoms with Crippen LogP contribution >= 0.6 is 21.8 Å². The van der Waals surface area contributed by atoms with Crippen LogP contribution in [0.25, 0.3) is 0 Å². The highest BCUT2D eigenvalue weighted by Crippen LogP contribution is 3.02. The van der Waals surface area contributed by atoms with Gasteiger partial charge in [0.25, 0.3) is 5.69 Å². The first kappa shape index (κ1) is 18.4. The fourth-order valence-electron chi connectivity index (χ4n) is 1.48. The van der Waals surface area contributed by atoms with E-state index in [2.05, 4.69) is 4.74 Å². The standard InChI is InChI=1S/C10H9ClF5NO4S/c1-2-21-10(18)9(11)7-4-3-6(5-8(7)17(19)20)22(12,13,14,15)16/h3-5,9H,2H2,1H3. The topological polar surface area (TPSA) is 69.4 Å². The number of nitro benzene ring substituents is 1. The average Bonchev–Trinajstić information content (AvgIpc) is 2.34. The van der Waals surface area contributed by atoms with Crippen LogP contribution in [0.2, 0.25) is 0 Å². The highest BCUT2D eigenvalue weighted by molar-refractivity contribution is 8.45. The van der Waals surface area contributed by atoms with E-state index in [1.165, 1.54) is 6.92 Å². The first-order valence-electron chi connectivity index (χ1n) is 5.50. The highest BCUT2D eigenvalue weighted by Gasteiger charge is 2.66. The zero-order valence-electron chi connectivity index (χ0n) is 10.8. The molecule has 0 N–H and O–H groups in total. The van der Waals surface area contributed by atoms with Crippen molar-refractivity contribution in [2.45, 2.75) is 17.2 Å². The Morgan fingerprint density at radius 1 is 1.36 bits per heavy atom. The molecule has 0 amide bonds. The molecule has 0 bridgehead atoms. The van der Waals surface area contributed by atoms with Crippen molar-refractivity contribution in [2.24, 2.45) is 0 Å². The fourth-order valence-corrected chi connectivity index (χ4v) is 2.39. The molecule has 12 heteroatoms. The number of hydrogen-bond acceptors (Lipinski definition) is 4. The summed E-state index contributed by atoms with van der Waals surface area (Å²) in [6, 6.07) is -0.0378. The summed E-state index contributed by atoms with van der Waals surface area (Å²) >= 11 is 5.58. The van der Waals surface area contributed by atoms with E-state index >= 15 is 0 Å². The van der Waals surface area contributed by atoms with Gasteiger partial charge < -0.3 is 4.74 Å². The van der Waals surface area contributed by atoms with Gasteiger partial charge >= 0.3 is 16.2 Å². The molecular weight excluding hydrogens is 361 g/mol. The minimum atomic E-state index is -10.1. The maximum atomic E-state index is 12.7. The lowest BCUT2D eigenvalue weighted by atomic mass is 10.1. The molecule has 126 valence electrons. The number of carbonyl (C=O) groups excluding carboxylic acids is 1. The van der Waals surface area contributed by atoms with Crippen molar-refractivity contribution in [3.63, 3.8) is 0 Å². The maximum absolute atomic E-state index is 12.7. The van der Waals surface area contributed by atoms with Gasteiger partial charge in [0.2, 0.25) is 0 Å². The number of halogens is 6. The smallest absolute Gasteiger partial charge is 0.328 e. The van der Waals surface area contributed by atoms with Crippen molar-refractivity contribution in [3.05, 3.63) is 33.9 Å². The van der Waals surface area contributed by atoms with Gasteiger partial charge in [0.05, 0.1) is 17.1 Å². The zero-order valence-corrected chi connectivity index (χ0v) is 12.3. The third-order valence-electron chi connectivity index (χ3n) is 2.41. The molecular formula is C10H9ClF5NO4S. The van der Waals surface area contributed by atoms with Gasteiger partial charge in [-0.3, -0.25) is 14.9 Å². The molecule has 5 nitrogen and oxygen atoms in total. The monoisotopic (exact) mass is 369 g/mol. The number of benzene rings is 1. The summed E-state index contributed by atoms with van der Waals surface area (Å²) in [6.45, 7) is 1.28. The normalized spacial score (nSPS) is 16.3. The van der Waals surface area contributed by atoms with Crippen LogP contribution in [0.15, 0.2) is 23.1 Å². The van der Waals surface area contributed by atoms with Gasteiger partial charge in [0.15, 0.2) is 5.38 Å². The van der Waals surface area contributed by atoms with E-state index in [0.717, 1.165) is 0 Å². The van der Waals surface area contributed by atoms with Crippen LogP contribution in [-0.2, 0) is 9.53 Å². The number of nitro groups is 1. The molecule has 0 saturated carbocycles. The van der Waals surface area contributed by atoms with E-state index in [0.29, 0.717) is 6.07 Å². The van der Waals surface area contributed by atoms with E-state index in [4.69, 9.17) is 11.6 Å². The molecule has 0 heterocycles. The number of esters is 1. The summed E-state index contributed by atoms with van der Waals surface area (Å²) in [5.74, 6) is -1.15. The van der Waals surface area contributed by atoms with Gasteiger partial charge in [0, 0.05) is 6.07 Å². The van der Waals surface area contributed by atoms with Crippen LogP contribution in [0.1, 0.15) is 17.9 Å². The third-order valence-corrected chi connectivity index (χ3v) is 3.97. The van der Waals surface area contributed by atoms with Crippen LogP contribution in [0.3, 0.4) is 0 Å². The van der Waals surface area contributed by atoms with Crippen molar-refractivity contribution >= 4 is 33.5 Å². The van der Waals surface area contributed by atoms with Crippen molar-refractivity contribution in [1.82, 2.24) is 0 Å². The first-order chi connectivity index (χ1) is 9.67. The van der Waals surface area contributed by atoms with Gasteiger partial charge in [-0.2, -0.15) is 0 Å². The fraction of sp³-hybridized carbons (Fsp3) is 0.300. The van der Waals surface area contributed by atoms with E-state index in [1.807, 2.05) is 0 Å². The number of nitrogens with zero attached hydrogens (tertiary/aromatic N) is 1. The number of ether oxygens (including phenoxy) is 1.